The van der Waals surface area contributed by atoms with Crippen LogP contribution >= 0.6 is 0 Å². The summed E-state index contributed by atoms with van der Waals surface area (Å²) in [5.41, 5.74) is 3.20. The Bertz CT molecular complexity index is 305. The van der Waals surface area contributed by atoms with Gasteiger partial charge in [-0.2, -0.15) is 17.2 Å². The van der Waals surface area contributed by atoms with Gasteiger partial charge in [-0.1, -0.05) is 25.7 Å². The van der Waals surface area contributed by atoms with E-state index in [4.69, 9.17) is 0 Å². The van der Waals surface area contributed by atoms with Crippen molar-refractivity contribution in [3.05, 3.63) is 59.7 Å². The summed E-state index contributed by atoms with van der Waals surface area (Å²) < 4.78 is 0. The molecule has 0 radical (unpaired) electrons. The van der Waals surface area contributed by atoms with Crippen LogP contribution in [0.1, 0.15) is 24.0 Å². The van der Waals surface area contributed by atoms with Gasteiger partial charge in [-0.05, 0) is 0 Å². The summed E-state index contributed by atoms with van der Waals surface area (Å²) >= 11 is 0. The zero-order chi connectivity index (χ0) is 9.64. The molecule has 0 spiro atoms. The van der Waals surface area contributed by atoms with E-state index in [1.54, 1.807) is 11.1 Å². The van der Waals surface area contributed by atoms with Crippen LogP contribution in [0.3, 0.4) is 0 Å². The van der Waals surface area contributed by atoms with Gasteiger partial charge in [0.05, 0.1) is 0 Å². The Labute approximate surface area is 103 Å². The van der Waals surface area contributed by atoms with Crippen LogP contribution in [0.15, 0.2) is 48.5 Å². The van der Waals surface area contributed by atoms with E-state index in [0.29, 0.717) is 0 Å². The van der Waals surface area contributed by atoms with Gasteiger partial charge in [-0.25, -0.2) is 12.1 Å². The van der Waals surface area contributed by atoms with E-state index in [1.165, 1.54) is 25.7 Å². The predicted molar refractivity (Wildman–Crippen MR) is 60.7 cm³/mol. The molecule has 15 heavy (non-hydrogen) atoms. The largest absolute Gasteiger partial charge is 0.748 e. The van der Waals surface area contributed by atoms with Crippen molar-refractivity contribution in [3.8, 4) is 0 Å². The SMILES string of the molecule is [Fe].[cH-]1[cH-][cH-][cH-][cH-]1.c1cc2[c-](c1)CCCC2. The molecule has 0 atom stereocenters. The van der Waals surface area contributed by atoms with Gasteiger partial charge in [0.1, 0.15) is 0 Å². The fraction of sp³-hybridized carbons (Fsp3) is 0.286. The van der Waals surface area contributed by atoms with Crippen molar-refractivity contribution in [1.82, 2.24) is 0 Å². The van der Waals surface area contributed by atoms with Crippen molar-refractivity contribution >= 4 is 0 Å². The number of hydrogen-bond donors (Lipinski definition) is 0. The van der Waals surface area contributed by atoms with Crippen LogP contribution in [0.4, 0.5) is 0 Å². The van der Waals surface area contributed by atoms with Gasteiger partial charge in [-0.3, -0.25) is 0 Å². The normalized spacial score (nSPS) is 13.1. The molecule has 2 aromatic rings. The molecule has 3 rings (SSSR count). The maximum Gasteiger partial charge on any atom is 0 e. The average Bonchev–Trinajstić information content (AvgIpc) is 2.92. The van der Waals surface area contributed by atoms with Crippen molar-refractivity contribution in [1.29, 1.82) is 0 Å². The number of aryl methyl sites for hydroxylation is 2. The molecular formula is C14H16Fe-6. The summed E-state index contributed by atoms with van der Waals surface area (Å²) in [5.74, 6) is 0. The zero-order valence-corrected chi connectivity index (χ0v) is 9.90. The van der Waals surface area contributed by atoms with Gasteiger partial charge in [0.2, 0.25) is 0 Å². The molecule has 0 N–H and O–H groups in total. The fourth-order valence-corrected chi connectivity index (χ4v) is 1.93. The minimum atomic E-state index is 0. The molecule has 0 aromatic heterocycles. The third kappa shape index (κ3) is 3.70. The van der Waals surface area contributed by atoms with Crippen LogP contribution in [0.25, 0.3) is 0 Å². The van der Waals surface area contributed by atoms with Crippen molar-refractivity contribution in [2.75, 3.05) is 0 Å². The number of rotatable bonds is 0. The van der Waals surface area contributed by atoms with E-state index < -0.39 is 0 Å². The second kappa shape index (κ2) is 6.66. The first kappa shape index (κ1) is 12.3. The maximum atomic E-state index is 2.26. The Morgan fingerprint density at radius 3 is 2.27 bits per heavy atom. The third-order valence-corrected chi connectivity index (χ3v) is 2.71. The van der Waals surface area contributed by atoms with Gasteiger partial charge < -0.3 is 30.3 Å². The van der Waals surface area contributed by atoms with E-state index in [9.17, 15) is 0 Å². The van der Waals surface area contributed by atoms with Gasteiger partial charge in [-0.15, -0.1) is 0 Å². The Morgan fingerprint density at radius 1 is 1.00 bits per heavy atom. The minimum absolute atomic E-state index is 0. The van der Waals surface area contributed by atoms with E-state index in [2.05, 4.69) is 18.2 Å². The van der Waals surface area contributed by atoms with Crippen molar-refractivity contribution < 1.29 is 17.1 Å². The summed E-state index contributed by atoms with van der Waals surface area (Å²) in [6.45, 7) is 0. The molecule has 1 heteroatoms. The van der Waals surface area contributed by atoms with Gasteiger partial charge >= 0.3 is 0 Å². The van der Waals surface area contributed by atoms with Gasteiger partial charge in [0.15, 0.2) is 0 Å². The second-order valence-corrected chi connectivity index (χ2v) is 3.75. The molecule has 1 aliphatic carbocycles. The molecule has 0 saturated carbocycles. The summed E-state index contributed by atoms with van der Waals surface area (Å²) in [7, 11) is 0. The van der Waals surface area contributed by atoms with Gasteiger partial charge in [0.25, 0.3) is 0 Å². The van der Waals surface area contributed by atoms with E-state index in [-0.39, 0.29) is 17.1 Å². The Morgan fingerprint density at radius 2 is 1.67 bits per heavy atom. The fourth-order valence-electron chi connectivity index (χ4n) is 1.93. The molecule has 0 saturated heterocycles. The first-order valence-electron chi connectivity index (χ1n) is 5.37. The first-order valence-corrected chi connectivity index (χ1v) is 5.37. The molecule has 0 heterocycles. The molecule has 2 aromatic carbocycles. The average molecular weight is 240 g/mol. The van der Waals surface area contributed by atoms with Crippen molar-refractivity contribution in [3.63, 3.8) is 0 Å². The smallest absolute Gasteiger partial charge is 0 e. The molecule has 1 aliphatic rings. The molecule has 86 valence electrons. The predicted octanol–water partition coefficient (Wildman–Crippen LogP) is 3.69. The van der Waals surface area contributed by atoms with E-state index in [1.807, 2.05) is 30.3 Å². The van der Waals surface area contributed by atoms with Crippen LogP contribution in [0.2, 0.25) is 0 Å². The molecule has 0 unspecified atom stereocenters. The van der Waals surface area contributed by atoms with Crippen LogP contribution in [0, 0.1) is 0 Å². The molecule has 0 fully saturated rings. The monoisotopic (exact) mass is 240 g/mol. The standard InChI is InChI=1S/C9H11.C5H5.Fe/c1-2-5-9-7-3-6-8(9)4-1;1-2-4-5-3-1;/h3,6-7H,1-2,4-5H2;1-5H;/q-1;-5;. The van der Waals surface area contributed by atoms with Crippen LogP contribution in [-0.4, -0.2) is 0 Å². The van der Waals surface area contributed by atoms with Gasteiger partial charge in [0, 0.05) is 17.1 Å². The minimum Gasteiger partial charge on any atom is -0.748 e. The summed E-state index contributed by atoms with van der Waals surface area (Å²) in [6.07, 6.45) is 5.44. The Balaban J connectivity index is 0.000000162. The summed E-state index contributed by atoms with van der Waals surface area (Å²) in [5, 5.41) is 0. The van der Waals surface area contributed by atoms with Crippen LogP contribution < -0.4 is 0 Å². The Hall–Kier alpha value is -0.781. The van der Waals surface area contributed by atoms with Crippen LogP contribution in [-0.2, 0) is 29.9 Å². The quantitative estimate of drug-likeness (QED) is 0.486. The third-order valence-electron chi connectivity index (χ3n) is 2.71. The molecule has 0 bridgehead atoms. The second-order valence-electron chi connectivity index (χ2n) is 3.75. The van der Waals surface area contributed by atoms with Crippen molar-refractivity contribution in [2.45, 2.75) is 25.7 Å². The van der Waals surface area contributed by atoms with E-state index in [0.717, 1.165) is 0 Å². The molecular weight excluding hydrogens is 224 g/mol. The zero-order valence-electron chi connectivity index (χ0n) is 8.80. The first-order chi connectivity index (χ1) is 6.97. The van der Waals surface area contributed by atoms with Crippen LogP contribution in [0.5, 0.6) is 0 Å². The summed E-state index contributed by atoms with van der Waals surface area (Å²) in [6, 6.07) is 16.7. The van der Waals surface area contributed by atoms with Crippen molar-refractivity contribution in [2.24, 2.45) is 0 Å². The number of fused-ring (bicyclic) bond motifs is 1. The topological polar surface area (TPSA) is 0 Å². The maximum absolute atomic E-state index is 2.26. The molecule has 0 amide bonds. The molecule has 0 aliphatic heterocycles. The number of hydrogen-bond acceptors (Lipinski definition) is 0. The Kier molecular flexibility index (Phi) is 5.45. The van der Waals surface area contributed by atoms with E-state index >= 15 is 0 Å². The molecule has 0 nitrogen and oxygen atoms in total. The summed E-state index contributed by atoms with van der Waals surface area (Å²) in [4.78, 5) is 0.